The highest BCUT2D eigenvalue weighted by Crippen LogP contribution is 2.30. The molecule has 0 aliphatic heterocycles. The Balaban J connectivity index is 1.91. The molecule has 0 atom stereocenters. The third-order valence-corrected chi connectivity index (χ3v) is 3.38. The molecule has 0 fully saturated rings. The number of rotatable bonds is 2. The first-order valence-corrected chi connectivity index (χ1v) is 5.66. The van der Waals surface area contributed by atoms with Gasteiger partial charge in [0.25, 0.3) is 0 Å². The molecular weight excluding hydrogens is 198 g/mol. The van der Waals surface area contributed by atoms with Crippen molar-refractivity contribution in [3.63, 3.8) is 0 Å². The second kappa shape index (κ2) is 3.76. The molecule has 3 heteroatoms. The Kier molecular flexibility index (Phi) is 2.26. The van der Waals surface area contributed by atoms with Crippen LogP contribution in [0.4, 0.5) is 0 Å². The van der Waals surface area contributed by atoms with Crippen LogP contribution in [0, 0.1) is 0 Å². The van der Waals surface area contributed by atoms with E-state index in [0.29, 0.717) is 12.6 Å². The lowest BCUT2D eigenvalue weighted by Crippen LogP contribution is -2.13. The SMILES string of the molecule is NCc1cncn1C1Cc2ccccc2C1. The normalized spacial score (nSPS) is 15.3. The van der Waals surface area contributed by atoms with Crippen LogP contribution in [-0.4, -0.2) is 9.55 Å². The number of hydrogen-bond acceptors (Lipinski definition) is 2. The fourth-order valence-electron chi connectivity index (χ4n) is 2.55. The van der Waals surface area contributed by atoms with E-state index in [0.717, 1.165) is 18.5 Å². The zero-order chi connectivity index (χ0) is 11.0. The van der Waals surface area contributed by atoms with Gasteiger partial charge in [-0.05, 0) is 24.0 Å². The van der Waals surface area contributed by atoms with Crippen LogP contribution in [0.25, 0.3) is 0 Å². The van der Waals surface area contributed by atoms with Crippen molar-refractivity contribution >= 4 is 0 Å². The molecule has 1 aliphatic carbocycles. The van der Waals surface area contributed by atoms with Gasteiger partial charge in [-0.3, -0.25) is 0 Å². The molecule has 0 radical (unpaired) electrons. The van der Waals surface area contributed by atoms with Gasteiger partial charge in [0, 0.05) is 18.8 Å². The molecule has 0 spiro atoms. The van der Waals surface area contributed by atoms with E-state index in [1.54, 1.807) is 0 Å². The first kappa shape index (κ1) is 9.60. The van der Waals surface area contributed by atoms with Crippen LogP contribution in [0.3, 0.4) is 0 Å². The third-order valence-electron chi connectivity index (χ3n) is 3.38. The molecule has 3 nitrogen and oxygen atoms in total. The molecule has 16 heavy (non-hydrogen) atoms. The topological polar surface area (TPSA) is 43.8 Å². The van der Waals surface area contributed by atoms with Gasteiger partial charge in [0.2, 0.25) is 0 Å². The molecule has 3 rings (SSSR count). The Morgan fingerprint density at radius 3 is 2.56 bits per heavy atom. The minimum absolute atomic E-state index is 0.499. The maximum Gasteiger partial charge on any atom is 0.0951 e. The van der Waals surface area contributed by atoms with E-state index < -0.39 is 0 Å². The summed E-state index contributed by atoms with van der Waals surface area (Å²) in [4.78, 5) is 4.18. The van der Waals surface area contributed by atoms with Gasteiger partial charge in [-0.1, -0.05) is 24.3 Å². The first-order valence-electron chi connectivity index (χ1n) is 5.66. The van der Waals surface area contributed by atoms with Gasteiger partial charge in [-0.2, -0.15) is 0 Å². The predicted octanol–water partition coefficient (Wildman–Crippen LogP) is 1.68. The van der Waals surface area contributed by atoms with Crippen molar-refractivity contribution in [1.82, 2.24) is 9.55 Å². The summed E-state index contributed by atoms with van der Waals surface area (Å²) in [7, 11) is 0. The highest BCUT2D eigenvalue weighted by atomic mass is 15.1. The summed E-state index contributed by atoms with van der Waals surface area (Å²) < 4.78 is 2.22. The van der Waals surface area contributed by atoms with Crippen LogP contribution in [0.15, 0.2) is 36.8 Å². The minimum Gasteiger partial charge on any atom is -0.330 e. The van der Waals surface area contributed by atoms with Crippen LogP contribution in [0.1, 0.15) is 22.9 Å². The maximum absolute atomic E-state index is 5.71. The summed E-state index contributed by atoms with van der Waals surface area (Å²) in [5.74, 6) is 0. The van der Waals surface area contributed by atoms with Gasteiger partial charge in [0.05, 0.1) is 12.0 Å². The average Bonchev–Trinajstić information content (AvgIpc) is 2.94. The van der Waals surface area contributed by atoms with E-state index in [9.17, 15) is 0 Å². The number of nitrogens with zero attached hydrogens (tertiary/aromatic N) is 2. The maximum atomic E-state index is 5.71. The van der Waals surface area contributed by atoms with Crippen molar-refractivity contribution in [2.75, 3.05) is 0 Å². The number of imidazole rings is 1. The largest absolute Gasteiger partial charge is 0.330 e. The quantitative estimate of drug-likeness (QED) is 0.825. The van der Waals surface area contributed by atoms with Gasteiger partial charge in [-0.15, -0.1) is 0 Å². The van der Waals surface area contributed by atoms with E-state index in [1.807, 2.05) is 12.5 Å². The summed E-state index contributed by atoms with van der Waals surface area (Å²) in [6.45, 7) is 0.562. The molecule has 0 unspecified atom stereocenters. The Labute approximate surface area is 94.9 Å². The first-order chi connectivity index (χ1) is 7.88. The standard InChI is InChI=1S/C13H15N3/c14-7-13-8-15-9-16(13)12-5-10-3-1-2-4-11(10)6-12/h1-4,8-9,12H,5-7,14H2. The molecule has 82 valence electrons. The molecule has 2 aromatic rings. The summed E-state index contributed by atoms with van der Waals surface area (Å²) in [6, 6.07) is 9.15. The average molecular weight is 213 g/mol. The Hall–Kier alpha value is -1.61. The van der Waals surface area contributed by atoms with Crippen molar-refractivity contribution in [2.24, 2.45) is 5.73 Å². The zero-order valence-electron chi connectivity index (χ0n) is 9.13. The van der Waals surface area contributed by atoms with Crippen molar-refractivity contribution in [1.29, 1.82) is 0 Å². The van der Waals surface area contributed by atoms with E-state index in [4.69, 9.17) is 5.73 Å². The molecule has 0 saturated carbocycles. The molecule has 1 aliphatic rings. The lowest BCUT2D eigenvalue weighted by molar-refractivity contribution is 0.510. The molecule has 0 saturated heterocycles. The van der Waals surface area contributed by atoms with Crippen LogP contribution in [0.2, 0.25) is 0 Å². The van der Waals surface area contributed by atoms with Gasteiger partial charge in [-0.25, -0.2) is 4.98 Å². The lowest BCUT2D eigenvalue weighted by Gasteiger charge is -2.14. The predicted molar refractivity (Wildman–Crippen MR) is 63.0 cm³/mol. The van der Waals surface area contributed by atoms with Gasteiger partial charge < -0.3 is 10.3 Å². The molecule has 0 amide bonds. The monoisotopic (exact) mass is 213 g/mol. The molecule has 1 aromatic carbocycles. The van der Waals surface area contributed by atoms with E-state index >= 15 is 0 Å². The highest BCUT2D eigenvalue weighted by molar-refractivity contribution is 5.33. The summed E-state index contributed by atoms with van der Waals surface area (Å²) in [6.07, 6.45) is 5.96. The molecular formula is C13H15N3. The second-order valence-electron chi connectivity index (χ2n) is 4.33. The smallest absolute Gasteiger partial charge is 0.0951 e. The van der Waals surface area contributed by atoms with E-state index in [2.05, 4.69) is 33.8 Å². The summed E-state index contributed by atoms with van der Waals surface area (Å²) in [5, 5.41) is 0. The number of benzene rings is 1. The van der Waals surface area contributed by atoms with Crippen LogP contribution in [-0.2, 0) is 19.4 Å². The second-order valence-corrected chi connectivity index (χ2v) is 4.33. The third kappa shape index (κ3) is 1.44. The van der Waals surface area contributed by atoms with Gasteiger partial charge in [0.15, 0.2) is 0 Å². The fraction of sp³-hybridized carbons (Fsp3) is 0.308. The van der Waals surface area contributed by atoms with Crippen molar-refractivity contribution in [2.45, 2.75) is 25.4 Å². The molecule has 1 aromatic heterocycles. The minimum atomic E-state index is 0.499. The zero-order valence-corrected chi connectivity index (χ0v) is 9.13. The summed E-state index contributed by atoms with van der Waals surface area (Å²) >= 11 is 0. The number of aromatic nitrogens is 2. The van der Waals surface area contributed by atoms with Crippen molar-refractivity contribution in [3.8, 4) is 0 Å². The summed E-state index contributed by atoms with van der Waals surface area (Å²) in [5.41, 5.74) is 9.75. The molecule has 2 N–H and O–H groups in total. The van der Waals surface area contributed by atoms with Crippen molar-refractivity contribution < 1.29 is 0 Å². The number of hydrogen-bond donors (Lipinski definition) is 1. The Bertz CT molecular complexity index is 476. The molecule has 1 heterocycles. The Morgan fingerprint density at radius 1 is 1.25 bits per heavy atom. The van der Waals surface area contributed by atoms with Gasteiger partial charge >= 0.3 is 0 Å². The van der Waals surface area contributed by atoms with E-state index in [1.165, 1.54) is 11.1 Å². The van der Waals surface area contributed by atoms with Crippen LogP contribution in [0.5, 0.6) is 0 Å². The highest BCUT2D eigenvalue weighted by Gasteiger charge is 2.23. The van der Waals surface area contributed by atoms with E-state index in [-0.39, 0.29) is 0 Å². The fourth-order valence-corrected chi connectivity index (χ4v) is 2.55. The van der Waals surface area contributed by atoms with Crippen molar-refractivity contribution in [3.05, 3.63) is 53.6 Å². The Morgan fingerprint density at radius 2 is 1.94 bits per heavy atom. The number of fused-ring (bicyclic) bond motifs is 1. The van der Waals surface area contributed by atoms with Crippen LogP contribution < -0.4 is 5.73 Å². The van der Waals surface area contributed by atoms with Crippen LogP contribution >= 0.6 is 0 Å². The number of nitrogens with two attached hydrogens (primary N) is 1. The van der Waals surface area contributed by atoms with Gasteiger partial charge in [0.1, 0.15) is 0 Å². The lowest BCUT2D eigenvalue weighted by atomic mass is 10.1. The molecule has 0 bridgehead atoms.